The van der Waals surface area contributed by atoms with Gasteiger partial charge in [-0.15, -0.1) is 0 Å². The zero-order valence-corrected chi connectivity index (χ0v) is 12.4. The minimum atomic E-state index is -2.66. The van der Waals surface area contributed by atoms with Gasteiger partial charge in [-0.2, -0.15) is 10.1 Å². The Kier molecular flexibility index (Phi) is 3.48. The fourth-order valence-electron chi connectivity index (χ4n) is 2.19. The van der Waals surface area contributed by atoms with Crippen LogP contribution in [0, 0.1) is 6.92 Å². The molecule has 0 bridgehead atoms. The number of aryl methyl sites for hydroxylation is 1. The maximum Gasteiger partial charge on any atom is 0.314 e. The Morgan fingerprint density at radius 1 is 1.05 bits per heavy atom. The molecule has 112 valence electrons. The summed E-state index contributed by atoms with van der Waals surface area (Å²) in [6.07, 6.45) is 0. The number of carbonyl (C=O) groups is 1. The van der Waals surface area contributed by atoms with Crippen LogP contribution in [0.25, 0.3) is 0 Å². The molecular weight excluding hydrogens is 304 g/mol. The number of hydrogen-bond acceptors (Lipinski definition) is 4. The zero-order chi connectivity index (χ0) is 15.9. The minimum Gasteiger partial charge on any atom is -0.353 e. The van der Waals surface area contributed by atoms with E-state index in [2.05, 4.69) is 5.10 Å². The van der Waals surface area contributed by atoms with Crippen molar-refractivity contribution >= 4 is 28.9 Å². The molecule has 0 fully saturated rings. The fraction of sp³-hybridized carbons (Fsp3) is 0.125. The molecule has 0 saturated carbocycles. The molecule has 1 aliphatic heterocycles. The molecule has 3 rings (SSSR count). The number of halogens is 1. The van der Waals surface area contributed by atoms with E-state index in [-0.39, 0.29) is 5.71 Å². The highest BCUT2D eigenvalue weighted by molar-refractivity contribution is 6.30. The number of carbonyl (C=O) groups excluding carboxylic acids is 1. The van der Waals surface area contributed by atoms with Gasteiger partial charge < -0.3 is 10.2 Å². The molecule has 0 radical (unpaired) electrons. The average molecular weight is 317 g/mol. The van der Waals surface area contributed by atoms with Crippen molar-refractivity contribution in [3.63, 3.8) is 0 Å². The predicted octanol–water partition coefficient (Wildman–Crippen LogP) is 2.08. The summed E-state index contributed by atoms with van der Waals surface area (Å²) in [6, 6.07) is 13.4. The monoisotopic (exact) mass is 316 g/mol. The number of aliphatic hydroxyl groups is 2. The Balaban J connectivity index is 2.05. The summed E-state index contributed by atoms with van der Waals surface area (Å²) in [6.45, 7) is 1.91. The number of amides is 1. The van der Waals surface area contributed by atoms with Gasteiger partial charge in [0.15, 0.2) is 0 Å². The van der Waals surface area contributed by atoms with Crippen LogP contribution in [-0.4, -0.2) is 27.6 Å². The van der Waals surface area contributed by atoms with Crippen LogP contribution in [0.1, 0.15) is 11.1 Å². The van der Waals surface area contributed by atoms with Gasteiger partial charge in [0.2, 0.25) is 0 Å². The van der Waals surface area contributed by atoms with E-state index in [1.54, 1.807) is 36.4 Å². The van der Waals surface area contributed by atoms with Crippen LogP contribution >= 0.6 is 11.6 Å². The van der Waals surface area contributed by atoms with E-state index in [1.165, 1.54) is 0 Å². The predicted molar refractivity (Wildman–Crippen MR) is 83.8 cm³/mol. The minimum absolute atomic E-state index is 0.104. The van der Waals surface area contributed by atoms with E-state index in [1.807, 2.05) is 19.1 Å². The second-order valence-electron chi connectivity index (χ2n) is 5.08. The van der Waals surface area contributed by atoms with Gasteiger partial charge in [-0.25, -0.2) is 0 Å². The van der Waals surface area contributed by atoms with Crippen molar-refractivity contribution in [2.24, 2.45) is 5.10 Å². The lowest BCUT2D eigenvalue weighted by Gasteiger charge is -2.17. The summed E-state index contributed by atoms with van der Waals surface area (Å²) in [4.78, 5) is 12.2. The molecule has 0 atom stereocenters. The van der Waals surface area contributed by atoms with E-state index < -0.39 is 11.7 Å². The third-order valence-electron chi connectivity index (χ3n) is 3.42. The molecule has 0 aromatic heterocycles. The summed E-state index contributed by atoms with van der Waals surface area (Å²) in [5, 5.41) is 25.8. The lowest BCUT2D eigenvalue weighted by Crippen LogP contribution is -2.46. The van der Waals surface area contributed by atoms with Gasteiger partial charge in [0.05, 0.1) is 5.69 Å². The first-order valence-electron chi connectivity index (χ1n) is 6.60. The van der Waals surface area contributed by atoms with Crippen molar-refractivity contribution in [1.82, 2.24) is 0 Å². The molecular formula is C16H13ClN2O3. The van der Waals surface area contributed by atoms with Gasteiger partial charge in [0.1, 0.15) is 5.71 Å². The summed E-state index contributed by atoms with van der Waals surface area (Å²) in [5.41, 5.74) is 1.79. The third-order valence-corrected chi connectivity index (χ3v) is 3.67. The molecule has 1 amide bonds. The maximum atomic E-state index is 12.2. The van der Waals surface area contributed by atoms with E-state index in [4.69, 9.17) is 11.6 Å². The number of rotatable bonds is 2. The van der Waals surface area contributed by atoms with Gasteiger partial charge in [0, 0.05) is 10.6 Å². The Morgan fingerprint density at radius 2 is 1.64 bits per heavy atom. The number of nitrogens with zero attached hydrogens (tertiary/aromatic N) is 2. The highest BCUT2D eigenvalue weighted by Crippen LogP contribution is 2.28. The number of benzene rings is 2. The van der Waals surface area contributed by atoms with Crippen molar-refractivity contribution in [3.8, 4) is 0 Å². The number of anilines is 1. The Bertz CT molecular complexity index is 752. The molecule has 5 nitrogen and oxygen atoms in total. The first-order chi connectivity index (χ1) is 10.4. The van der Waals surface area contributed by atoms with Crippen molar-refractivity contribution in [3.05, 3.63) is 64.7 Å². The normalized spacial score (nSPS) is 16.8. The summed E-state index contributed by atoms with van der Waals surface area (Å²) < 4.78 is 0. The Morgan fingerprint density at radius 3 is 2.23 bits per heavy atom. The van der Waals surface area contributed by atoms with Crippen molar-refractivity contribution in [2.45, 2.75) is 12.7 Å². The number of hydrogen-bond donors (Lipinski definition) is 2. The van der Waals surface area contributed by atoms with Crippen molar-refractivity contribution < 1.29 is 15.0 Å². The first-order valence-corrected chi connectivity index (χ1v) is 6.98. The zero-order valence-electron chi connectivity index (χ0n) is 11.7. The van der Waals surface area contributed by atoms with Gasteiger partial charge in [0.25, 0.3) is 5.79 Å². The maximum absolute atomic E-state index is 12.2. The van der Waals surface area contributed by atoms with Gasteiger partial charge in [-0.3, -0.25) is 4.79 Å². The third kappa shape index (κ3) is 2.39. The summed E-state index contributed by atoms with van der Waals surface area (Å²) in [5.74, 6) is -3.58. The van der Waals surface area contributed by atoms with E-state index >= 15 is 0 Å². The van der Waals surface area contributed by atoms with Gasteiger partial charge >= 0.3 is 5.91 Å². The highest BCUT2D eigenvalue weighted by atomic mass is 35.5. The molecule has 2 aromatic carbocycles. The molecule has 0 saturated heterocycles. The Labute approximate surface area is 132 Å². The van der Waals surface area contributed by atoms with E-state index in [9.17, 15) is 15.0 Å². The van der Waals surface area contributed by atoms with Gasteiger partial charge in [-0.05, 0) is 31.2 Å². The second kappa shape index (κ2) is 5.21. The molecule has 22 heavy (non-hydrogen) atoms. The molecule has 1 heterocycles. The lowest BCUT2D eigenvalue weighted by molar-refractivity contribution is -0.155. The van der Waals surface area contributed by atoms with E-state index in [0.29, 0.717) is 16.3 Å². The molecule has 0 aliphatic carbocycles. The smallest absolute Gasteiger partial charge is 0.314 e. The van der Waals surface area contributed by atoms with Gasteiger partial charge in [-0.1, -0.05) is 41.4 Å². The first kappa shape index (κ1) is 14.7. The molecule has 0 unspecified atom stereocenters. The summed E-state index contributed by atoms with van der Waals surface area (Å²) in [7, 11) is 0. The largest absolute Gasteiger partial charge is 0.353 e. The summed E-state index contributed by atoms with van der Waals surface area (Å²) >= 11 is 5.81. The second-order valence-corrected chi connectivity index (χ2v) is 5.52. The van der Waals surface area contributed by atoms with Crippen LogP contribution in [0.15, 0.2) is 53.6 Å². The fourth-order valence-corrected chi connectivity index (χ4v) is 2.32. The molecule has 2 aromatic rings. The molecule has 6 heteroatoms. The molecule has 2 N–H and O–H groups in total. The van der Waals surface area contributed by atoms with Crippen LogP contribution < -0.4 is 5.01 Å². The standard InChI is InChI=1S/C16H13ClN2O3/c1-10-2-4-11(5-3-10)14-16(21,22)15(20)19(18-14)13-8-6-12(17)7-9-13/h2-9,21-22H,1H3. The van der Waals surface area contributed by atoms with Crippen LogP contribution in [0.4, 0.5) is 5.69 Å². The quantitative estimate of drug-likeness (QED) is 0.833. The van der Waals surface area contributed by atoms with Crippen LogP contribution in [0.3, 0.4) is 0 Å². The molecule has 0 spiro atoms. The highest BCUT2D eigenvalue weighted by Gasteiger charge is 2.49. The average Bonchev–Trinajstić information content (AvgIpc) is 2.72. The number of hydrazone groups is 1. The molecule has 1 aliphatic rings. The van der Waals surface area contributed by atoms with Crippen LogP contribution in [-0.2, 0) is 4.79 Å². The topological polar surface area (TPSA) is 73.1 Å². The Hall–Kier alpha value is -2.21. The van der Waals surface area contributed by atoms with E-state index in [0.717, 1.165) is 10.6 Å². The lowest BCUT2D eigenvalue weighted by atomic mass is 10.0. The van der Waals surface area contributed by atoms with Crippen molar-refractivity contribution in [2.75, 3.05) is 5.01 Å². The SMILES string of the molecule is Cc1ccc(C2=NN(c3ccc(Cl)cc3)C(=O)C2(O)O)cc1. The van der Waals surface area contributed by atoms with Crippen LogP contribution in [0.2, 0.25) is 5.02 Å². The van der Waals surface area contributed by atoms with Crippen LogP contribution in [0.5, 0.6) is 0 Å². The van der Waals surface area contributed by atoms with Crippen molar-refractivity contribution in [1.29, 1.82) is 0 Å².